The van der Waals surface area contributed by atoms with Gasteiger partial charge in [-0.25, -0.2) is 14.5 Å². The zero-order valence-electron chi connectivity index (χ0n) is 7.29. The van der Waals surface area contributed by atoms with Crippen LogP contribution in [0.5, 0.6) is 0 Å². The van der Waals surface area contributed by atoms with Crippen LogP contribution in [0.2, 0.25) is 0 Å². The molecular formula is C7H11N3O3. The molecule has 13 heavy (non-hydrogen) atoms. The molecule has 1 aliphatic rings. The van der Waals surface area contributed by atoms with Gasteiger partial charge in [0, 0.05) is 6.54 Å². The van der Waals surface area contributed by atoms with Crippen molar-refractivity contribution in [2.75, 3.05) is 13.1 Å². The smallest absolute Gasteiger partial charge is 0.332 e. The number of nitrogens with zero attached hydrogens (tertiary/aromatic N) is 1. The molecule has 5 amide bonds. The summed E-state index contributed by atoms with van der Waals surface area (Å²) in [5, 5.41) is 4.51. The van der Waals surface area contributed by atoms with Gasteiger partial charge in [0.05, 0.1) is 0 Å². The fourth-order valence-corrected chi connectivity index (χ4v) is 0.933. The molecule has 1 rings (SSSR count). The second-order valence-electron chi connectivity index (χ2n) is 2.67. The highest BCUT2D eigenvalue weighted by Crippen LogP contribution is 1.97. The lowest BCUT2D eigenvalue weighted by atomic mass is 10.5. The summed E-state index contributed by atoms with van der Waals surface area (Å²) in [5.41, 5.74) is 0. The molecule has 0 aromatic carbocycles. The third-order valence-corrected chi connectivity index (χ3v) is 1.56. The Kier molecular flexibility index (Phi) is 2.84. The van der Waals surface area contributed by atoms with Crippen LogP contribution in [0.4, 0.5) is 9.59 Å². The number of carbonyl (C=O) groups excluding carboxylic acids is 3. The lowest BCUT2D eigenvalue weighted by Gasteiger charge is -2.11. The fourth-order valence-electron chi connectivity index (χ4n) is 0.933. The first-order chi connectivity index (χ1) is 6.15. The van der Waals surface area contributed by atoms with Crippen molar-refractivity contribution in [2.24, 2.45) is 0 Å². The molecule has 1 saturated heterocycles. The molecule has 2 N–H and O–H groups in total. The number of amides is 5. The minimum Gasteiger partial charge on any atom is -0.338 e. The van der Waals surface area contributed by atoms with Crippen LogP contribution < -0.4 is 10.6 Å². The van der Waals surface area contributed by atoms with Crippen molar-refractivity contribution in [3.8, 4) is 0 Å². The average Bonchev–Trinajstić information content (AvgIpc) is 2.41. The summed E-state index contributed by atoms with van der Waals surface area (Å²) >= 11 is 0. The van der Waals surface area contributed by atoms with Crippen molar-refractivity contribution in [2.45, 2.75) is 13.3 Å². The molecule has 0 radical (unpaired) electrons. The highest BCUT2D eigenvalue weighted by atomic mass is 16.2. The molecule has 0 bridgehead atoms. The van der Waals surface area contributed by atoms with Crippen LogP contribution in [0.1, 0.15) is 13.3 Å². The lowest BCUT2D eigenvalue weighted by Crippen LogP contribution is -2.42. The first-order valence-electron chi connectivity index (χ1n) is 4.04. The molecule has 0 aromatic heterocycles. The second kappa shape index (κ2) is 3.88. The number of carbonyl (C=O) groups is 3. The Balaban J connectivity index is 2.47. The number of rotatable bonds is 2. The van der Waals surface area contributed by atoms with E-state index in [-0.39, 0.29) is 6.54 Å². The molecule has 6 heteroatoms. The van der Waals surface area contributed by atoms with Crippen molar-refractivity contribution in [1.82, 2.24) is 15.5 Å². The number of hydrogen-bond donors (Lipinski definition) is 2. The van der Waals surface area contributed by atoms with E-state index in [4.69, 9.17) is 0 Å². The summed E-state index contributed by atoms with van der Waals surface area (Å²) in [6.45, 7) is 2.21. The standard InChI is InChI=1S/C7H11N3O3/c1-2-3-8-6(12)10-4-5(11)9-7(10)13/h2-4H2,1H3,(H,8,12)(H,9,11,13). The predicted octanol–water partition coefficient (Wildman–Crippen LogP) is -0.342. The summed E-state index contributed by atoms with van der Waals surface area (Å²) in [4.78, 5) is 33.6. The Morgan fingerprint density at radius 3 is 2.77 bits per heavy atom. The van der Waals surface area contributed by atoms with Crippen molar-refractivity contribution in [3.63, 3.8) is 0 Å². The van der Waals surface area contributed by atoms with Crippen LogP contribution in [0.3, 0.4) is 0 Å². The van der Waals surface area contributed by atoms with Crippen LogP contribution in [0, 0.1) is 0 Å². The number of hydrogen-bond acceptors (Lipinski definition) is 3. The van der Waals surface area contributed by atoms with E-state index < -0.39 is 18.0 Å². The fraction of sp³-hybridized carbons (Fsp3) is 0.571. The van der Waals surface area contributed by atoms with E-state index in [1.54, 1.807) is 0 Å². The minimum absolute atomic E-state index is 0.186. The van der Waals surface area contributed by atoms with E-state index in [0.29, 0.717) is 6.54 Å². The van der Waals surface area contributed by atoms with Crippen LogP contribution in [-0.2, 0) is 4.79 Å². The molecule has 0 spiro atoms. The van der Waals surface area contributed by atoms with Gasteiger partial charge in [0.2, 0.25) is 5.91 Å². The normalized spacial score (nSPS) is 15.9. The van der Waals surface area contributed by atoms with Crippen molar-refractivity contribution >= 4 is 18.0 Å². The predicted molar refractivity (Wildman–Crippen MR) is 43.9 cm³/mol. The Bertz CT molecular complexity index is 251. The molecule has 1 heterocycles. The van der Waals surface area contributed by atoms with Gasteiger partial charge in [0.25, 0.3) is 0 Å². The van der Waals surface area contributed by atoms with Gasteiger partial charge in [-0.15, -0.1) is 0 Å². The summed E-state index contributed by atoms with van der Waals surface area (Å²) in [6, 6.07) is -1.18. The summed E-state index contributed by atoms with van der Waals surface area (Å²) in [7, 11) is 0. The Hall–Kier alpha value is -1.59. The molecule has 0 aromatic rings. The quantitative estimate of drug-likeness (QED) is 0.577. The van der Waals surface area contributed by atoms with Crippen LogP contribution >= 0.6 is 0 Å². The SMILES string of the molecule is CCCNC(=O)N1CC(=O)NC1=O. The van der Waals surface area contributed by atoms with Crippen molar-refractivity contribution in [1.29, 1.82) is 0 Å². The van der Waals surface area contributed by atoms with Gasteiger partial charge >= 0.3 is 12.1 Å². The Morgan fingerprint density at radius 2 is 2.31 bits per heavy atom. The third-order valence-electron chi connectivity index (χ3n) is 1.56. The van der Waals surface area contributed by atoms with Crippen LogP contribution in [-0.4, -0.2) is 36.0 Å². The van der Waals surface area contributed by atoms with Crippen LogP contribution in [0.25, 0.3) is 0 Å². The topological polar surface area (TPSA) is 78.5 Å². The highest BCUT2D eigenvalue weighted by Gasteiger charge is 2.31. The van der Waals surface area contributed by atoms with Crippen molar-refractivity contribution < 1.29 is 14.4 Å². The summed E-state index contributed by atoms with van der Waals surface area (Å²) in [5.74, 6) is -0.448. The molecule has 72 valence electrons. The number of urea groups is 2. The highest BCUT2D eigenvalue weighted by molar-refractivity contribution is 6.09. The maximum absolute atomic E-state index is 11.2. The van der Waals surface area contributed by atoms with E-state index >= 15 is 0 Å². The molecule has 0 unspecified atom stereocenters. The van der Waals surface area contributed by atoms with E-state index in [9.17, 15) is 14.4 Å². The van der Waals surface area contributed by atoms with Gasteiger partial charge in [-0.3, -0.25) is 10.1 Å². The van der Waals surface area contributed by atoms with E-state index in [1.807, 2.05) is 12.2 Å². The molecular weight excluding hydrogens is 174 g/mol. The van der Waals surface area contributed by atoms with Gasteiger partial charge in [0.1, 0.15) is 6.54 Å². The first kappa shape index (κ1) is 9.50. The molecule has 1 aliphatic heterocycles. The summed E-state index contributed by atoms with van der Waals surface area (Å²) < 4.78 is 0. The monoisotopic (exact) mass is 185 g/mol. The minimum atomic E-state index is -0.654. The number of nitrogens with one attached hydrogen (secondary N) is 2. The van der Waals surface area contributed by atoms with Crippen LogP contribution in [0.15, 0.2) is 0 Å². The van der Waals surface area contributed by atoms with Gasteiger partial charge in [-0.1, -0.05) is 6.92 Å². The first-order valence-corrected chi connectivity index (χ1v) is 4.04. The summed E-state index contributed by atoms with van der Waals surface area (Å²) in [6.07, 6.45) is 0.787. The Labute approximate surface area is 75.3 Å². The second-order valence-corrected chi connectivity index (χ2v) is 2.67. The van der Waals surface area contributed by atoms with Crippen molar-refractivity contribution in [3.05, 3.63) is 0 Å². The largest absolute Gasteiger partial charge is 0.338 e. The number of imide groups is 2. The lowest BCUT2D eigenvalue weighted by molar-refractivity contribution is -0.118. The maximum atomic E-state index is 11.2. The average molecular weight is 185 g/mol. The zero-order chi connectivity index (χ0) is 9.84. The maximum Gasteiger partial charge on any atom is 0.332 e. The van der Waals surface area contributed by atoms with Gasteiger partial charge in [0.15, 0.2) is 0 Å². The Morgan fingerprint density at radius 1 is 1.62 bits per heavy atom. The van der Waals surface area contributed by atoms with E-state index in [2.05, 4.69) is 5.32 Å². The van der Waals surface area contributed by atoms with Gasteiger partial charge < -0.3 is 5.32 Å². The molecule has 0 atom stereocenters. The third kappa shape index (κ3) is 2.17. The molecule has 0 saturated carbocycles. The van der Waals surface area contributed by atoms with E-state index in [1.165, 1.54) is 0 Å². The molecule has 1 fully saturated rings. The zero-order valence-corrected chi connectivity index (χ0v) is 7.29. The van der Waals surface area contributed by atoms with E-state index in [0.717, 1.165) is 11.3 Å². The van der Waals surface area contributed by atoms with Gasteiger partial charge in [-0.2, -0.15) is 0 Å². The van der Waals surface area contributed by atoms with Gasteiger partial charge in [-0.05, 0) is 6.42 Å². The molecule has 0 aliphatic carbocycles. The molecule has 6 nitrogen and oxygen atoms in total.